The Bertz CT molecular complexity index is 392. The van der Waals surface area contributed by atoms with Gasteiger partial charge >= 0.3 is 5.97 Å². The molecule has 0 saturated carbocycles. The minimum atomic E-state index is -0.762. The maximum Gasteiger partial charge on any atom is 0.307 e. The summed E-state index contributed by atoms with van der Waals surface area (Å²) in [6.07, 6.45) is 0. The third kappa shape index (κ3) is 4.75. The highest BCUT2D eigenvalue weighted by molar-refractivity contribution is 5.69. The summed E-state index contributed by atoms with van der Waals surface area (Å²) in [5.41, 5.74) is 1.11. The lowest BCUT2D eigenvalue weighted by Crippen LogP contribution is -2.31. The molecule has 4 heteroatoms. The van der Waals surface area contributed by atoms with E-state index in [0.29, 0.717) is 19.7 Å². The van der Waals surface area contributed by atoms with Crippen LogP contribution in [-0.2, 0) is 4.79 Å². The van der Waals surface area contributed by atoms with Crippen LogP contribution in [0, 0.1) is 12.8 Å². The quantitative estimate of drug-likeness (QED) is 0.805. The van der Waals surface area contributed by atoms with Gasteiger partial charge in [0.15, 0.2) is 0 Å². The minimum Gasteiger partial charge on any atom is -0.492 e. The van der Waals surface area contributed by atoms with Crippen LogP contribution in [0.25, 0.3) is 0 Å². The van der Waals surface area contributed by atoms with E-state index < -0.39 is 5.97 Å². The van der Waals surface area contributed by atoms with Crippen LogP contribution in [0.4, 0.5) is 0 Å². The average Bonchev–Trinajstić information content (AvgIpc) is 2.31. The second kappa shape index (κ2) is 7.01. The van der Waals surface area contributed by atoms with Crippen molar-refractivity contribution >= 4 is 5.97 Å². The fourth-order valence-electron chi connectivity index (χ4n) is 1.67. The van der Waals surface area contributed by atoms with Crippen LogP contribution in [0.1, 0.15) is 12.5 Å². The fourth-order valence-corrected chi connectivity index (χ4v) is 1.67. The molecule has 1 rings (SSSR count). The van der Waals surface area contributed by atoms with Crippen molar-refractivity contribution in [2.24, 2.45) is 5.92 Å². The molecule has 0 spiro atoms. The van der Waals surface area contributed by atoms with Gasteiger partial charge < -0.3 is 14.7 Å². The maximum atomic E-state index is 10.7. The highest BCUT2D eigenvalue weighted by Gasteiger charge is 2.13. The standard InChI is InChI=1S/C14H21NO3/c1-11-6-4-5-7-13(11)18-9-8-15(3)10-12(2)14(16)17/h4-7,12H,8-10H2,1-3H3,(H,16,17). The summed E-state index contributed by atoms with van der Waals surface area (Å²) in [6.45, 7) is 5.53. The molecule has 1 unspecified atom stereocenters. The first kappa shape index (κ1) is 14.5. The van der Waals surface area contributed by atoms with Crippen molar-refractivity contribution in [3.63, 3.8) is 0 Å². The molecule has 0 heterocycles. The fraction of sp³-hybridized carbons (Fsp3) is 0.500. The van der Waals surface area contributed by atoms with Crippen molar-refractivity contribution in [1.29, 1.82) is 0 Å². The highest BCUT2D eigenvalue weighted by Crippen LogP contribution is 2.15. The van der Waals surface area contributed by atoms with Crippen LogP contribution >= 0.6 is 0 Å². The Morgan fingerprint density at radius 1 is 1.44 bits per heavy atom. The molecule has 0 aliphatic heterocycles. The van der Waals surface area contributed by atoms with Crippen LogP contribution in [0.3, 0.4) is 0 Å². The van der Waals surface area contributed by atoms with E-state index in [1.54, 1.807) is 6.92 Å². The molecule has 4 nitrogen and oxygen atoms in total. The molecule has 0 amide bonds. The van der Waals surface area contributed by atoms with Gasteiger partial charge in [-0.05, 0) is 25.6 Å². The normalized spacial score (nSPS) is 12.4. The van der Waals surface area contributed by atoms with E-state index in [0.717, 1.165) is 11.3 Å². The third-order valence-corrected chi connectivity index (χ3v) is 2.83. The van der Waals surface area contributed by atoms with Gasteiger partial charge in [0.2, 0.25) is 0 Å². The number of carboxylic acids is 1. The number of benzene rings is 1. The van der Waals surface area contributed by atoms with Crippen molar-refractivity contribution < 1.29 is 14.6 Å². The number of aliphatic carboxylic acids is 1. The summed E-state index contributed by atoms with van der Waals surface area (Å²) in [5.74, 6) is -0.229. The summed E-state index contributed by atoms with van der Waals surface area (Å²) < 4.78 is 5.66. The number of hydrogen-bond donors (Lipinski definition) is 1. The lowest BCUT2D eigenvalue weighted by Gasteiger charge is -2.19. The number of hydrogen-bond acceptors (Lipinski definition) is 3. The lowest BCUT2D eigenvalue weighted by atomic mass is 10.2. The van der Waals surface area contributed by atoms with E-state index in [4.69, 9.17) is 9.84 Å². The van der Waals surface area contributed by atoms with Gasteiger partial charge in [0.25, 0.3) is 0 Å². The summed E-state index contributed by atoms with van der Waals surface area (Å²) in [4.78, 5) is 12.7. The first-order valence-corrected chi connectivity index (χ1v) is 6.10. The van der Waals surface area contributed by atoms with Crippen LogP contribution in [0.5, 0.6) is 5.75 Å². The van der Waals surface area contributed by atoms with E-state index in [9.17, 15) is 4.79 Å². The van der Waals surface area contributed by atoms with E-state index in [-0.39, 0.29) is 5.92 Å². The molecule has 0 aliphatic carbocycles. The van der Waals surface area contributed by atoms with E-state index in [2.05, 4.69) is 0 Å². The molecule has 1 aromatic carbocycles. The number of rotatable bonds is 7. The second-order valence-corrected chi connectivity index (χ2v) is 4.62. The van der Waals surface area contributed by atoms with Crippen LogP contribution in [0.2, 0.25) is 0 Å². The second-order valence-electron chi connectivity index (χ2n) is 4.62. The Kier molecular flexibility index (Phi) is 5.65. The van der Waals surface area contributed by atoms with Crippen molar-refractivity contribution in [3.05, 3.63) is 29.8 Å². The number of para-hydroxylation sites is 1. The largest absolute Gasteiger partial charge is 0.492 e. The lowest BCUT2D eigenvalue weighted by molar-refractivity contribution is -0.141. The van der Waals surface area contributed by atoms with Crippen LogP contribution < -0.4 is 4.74 Å². The summed E-state index contributed by atoms with van der Waals surface area (Å²) in [5, 5.41) is 8.81. The van der Waals surface area contributed by atoms with Crippen molar-refractivity contribution in [1.82, 2.24) is 4.90 Å². The molecule has 1 atom stereocenters. The molecule has 0 aliphatic rings. The molecule has 0 aromatic heterocycles. The number of nitrogens with zero attached hydrogens (tertiary/aromatic N) is 1. The number of carbonyl (C=O) groups is 1. The predicted molar refractivity (Wildman–Crippen MR) is 71.0 cm³/mol. The van der Waals surface area contributed by atoms with Crippen molar-refractivity contribution in [2.75, 3.05) is 26.7 Å². The van der Waals surface area contributed by atoms with Gasteiger partial charge in [0.1, 0.15) is 12.4 Å². The molecule has 1 N–H and O–H groups in total. The van der Waals surface area contributed by atoms with Gasteiger partial charge in [-0.2, -0.15) is 0 Å². The Balaban J connectivity index is 2.30. The molecule has 0 fully saturated rings. The monoisotopic (exact) mass is 251 g/mol. The Morgan fingerprint density at radius 2 is 2.11 bits per heavy atom. The molecule has 0 radical (unpaired) electrons. The average molecular weight is 251 g/mol. The Labute approximate surface area is 108 Å². The van der Waals surface area contributed by atoms with Gasteiger partial charge in [0, 0.05) is 13.1 Å². The molecular formula is C14H21NO3. The Hall–Kier alpha value is -1.55. The summed E-state index contributed by atoms with van der Waals surface area (Å²) in [6, 6.07) is 7.86. The van der Waals surface area contributed by atoms with Crippen molar-refractivity contribution in [2.45, 2.75) is 13.8 Å². The number of likely N-dealkylation sites (N-methyl/N-ethyl adjacent to an activating group) is 1. The van der Waals surface area contributed by atoms with E-state index in [1.165, 1.54) is 0 Å². The van der Waals surface area contributed by atoms with Gasteiger partial charge in [0.05, 0.1) is 5.92 Å². The van der Waals surface area contributed by atoms with E-state index >= 15 is 0 Å². The Morgan fingerprint density at radius 3 is 2.72 bits per heavy atom. The van der Waals surface area contributed by atoms with Gasteiger partial charge in [-0.15, -0.1) is 0 Å². The highest BCUT2D eigenvalue weighted by atomic mass is 16.5. The zero-order chi connectivity index (χ0) is 13.5. The number of ether oxygens (including phenoxy) is 1. The maximum absolute atomic E-state index is 10.7. The van der Waals surface area contributed by atoms with E-state index in [1.807, 2.05) is 43.1 Å². The van der Waals surface area contributed by atoms with Gasteiger partial charge in [-0.25, -0.2) is 0 Å². The smallest absolute Gasteiger partial charge is 0.307 e. The molecule has 1 aromatic rings. The zero-order valence-electron chi connectivity index (χ0n) is 11.2. The number of carboxylic acid groups (broad SMARTS) is 1. The predicted octanol–water partition coefficient (Wildman–Crippen LogP) is 2.03. The molecule has 0 saturated heterocycles. The zero-order valence-corrected chi connectivity index (χ0v) is 11.2. The molecule has 18 heavy (non-hydrogen) atoms. The topological polar surface area (TPSA) is 49.8 Å². The first-order chi connectivity index (χ1) is 8.50. The number of aryl methyl sites for hydroxylation is 1. The molecular weight excluding hydrogens is 230 g/mol. The first-order valence-electron chi connectivity index (χ1n) is 6.10. The SMILES string of the molecule is Cc1ccccc1OCCN(C)CC(C)C(=O)O. The van der Waals surface area contributed by atoms with Crippen LogP contribution in [0.15, 0.2) is 24.3 Å². The molecule has 0 bridgehead atoms. The third-order valence-electron chi connectivity index (χ3n) is 2.83. The van der Waals surface area contributed by atoms with Gasteiger partial charge in [-0.1, -0.05) is 25.1 Å². The molecule has 100 valence electrons. The van der Waals surface area contributed by atoms with Gasteiger partial charge in [-0.3, -0.25) is 4.79 Å². The summed E-state index contributed by atoms with van der Waals surface area (Å²) >= 11 is 0. The minimum absolute atomic E-state index is 0.353. The van der Waals surface area contributed by atoms with Crippen LogP contribution in [-0.4, -0.2) is 42.7 Å². The summed E-state index contributed by atoms with van der Waals surface area (Å²) in [7, 11) is 1.90. The van der Waals surface area contributed by atoms with Crippen molar-refractivity contribution in [3.8, 4) is 5.75 Å².